The molecule has 0 atom stereocenters. The van der Waals surface area contributed by atoms with Crippen LogP contribution in [0.15, 0.2) is 18.2 Å². The van der Waals surface area contributed by atoms with Crippen molar-refractivity contribution in [2.75, 3.05) is 5.73 Å². The lowest BCUT2D eigenvalue weighted by molar-refractivity contribution is 1.07. The van der Waals surface area contributed by atoms with Crippen molar-refractivity contribution >= 4 is 42.1 Å². The third kappa shape index (κ3) is 3.50. The van der Waals surface area contributed by atoms with E-state index in [0.717, 1.165) is 5.56 Å². The van der Waals surface area contributed by atoms with E-state index < -0.39 is 0 Å². The maximum absolute atomic E-state index is 5.76. The van der Waals surface area contributed by atoms with E-state index >= 15 is 0 Å². The molecule has 0 amide bonds. The van der Waals surface area contributed by atoms with Crippen LogP contribution in [0.25, 0.3) is 0 Å². The Morgan fingerprint density at radius 3 is 2.25 bits per heavy atom. The van der Waals surface area contributed by atoms with Gasteiger partial charge in [0.1, 0.15) is 0 Å². The summed E-state index contributed by atoms with van der Waals surface area (Å²) in [5.74, 6) is 0. The minimum Gasteiger partial charge on any atom is -0.399 e. The number of hydrogen-bond donors (Lipinski definition) is 2. The monoisotopic (exact) mass is 228 g/mol. The number of halogens is 3. The van der Waals surface area contributed by atoms with Crippen LogP contribution in [0.5, 0.6) is 0 Å². The van der Waals surface area contributed by atoms with Crippen LogP contribution in [0.4, 0.5) is 5.69 Å². The van der Waals surface area contributed by atoms with Crippen molar-refractivity contribution < 1.29 is 0 Å². The Morgan fingerprint density at radius 2 is 1.83 bits per heavy atom. The normalized spacial score (nSPS) is 8.17. The summed E-state index contributed by atoms with van der Waals surface area (Å²) in [6, 6.07) is 5.28. The van der Waals surface area contributed by atoms with E-state index in [1.807, 2.05) is 0 Å². The van der Waals surface area contributed by atoms with Crippen LogP contribution in [0, 0.1) is 0 Å². The molecule has 0 aliphatic heterocycles. The first-order valence-electron chi connectivity index (χ1n) is 2.98. The molecule has 12 heavy (non-hydrogen) atoms. The van der Waals surface area contributed by atoms with Crippen molar-refractivity contribution in [3.05, 3.63) is 28.8 Å². The molecular weight excluding hydrogens is 218 g/mol. The third-order valence-electron chi connectivity index (χ3n) is 1.29. The molecule has 4 N–H and O–H groups in total. The zero-order valence-corrected chi connectivity index (χ0v) is 8.68. The SMILES string of the molecule is Cl.Cl.NCc1cc(N)ccc1Cl. The summed E-state index contributed by atoms with van der Waals surface area (Å²) in [4.78, 5) is 0. The number of nitrogen functional groups attached to an aromatic ring is 1. The van der Waals surface area contributed by atoms with Gasteiger partial charge in [-0.1, -0.05) is 11.6 Å². The smallest absolute Gasteiger partial charge is 0.0452 e. The first-order valence-corrected chi connectivity index (χ1v) is 3.36. The molecule has 1 aromatic rings. The van der Waals surface area contributed by atoms with Gasteiger partial charge in [0.2, 0.25) is 0 Å². The molecule has 0 aromatic heterocycles. The molecule has 0 saturated carbocycles. The molecule has 0 radical (unpaired) electrons. The van der Waals surface area contributed by atoms with Crippen molar-refractivity contribution in [1.29, 1.82) is 0 Å². The van der Waals surface area contributed by atoms with Gasteiger partial charge in [0.15, 0.2) is 0 Å². The van der Waals surface area contributed by atoms with Gasteiger partial charge in [0, 0.05) is 17.3 Å². The Balaban J connectivity index is 0. The fraction of sp³-hybridized carbons (Fsp3) is 0.143. The molecule has 0 aliphatic rings. The van der Waals surface area contributed by atoms with Crippen molar-refractivity contribution in [2.45, 2.75) is 6.54 Å². The first-order chi connectivity index (χ1) is 4.74. The summed E-state index contributed by atoms with van der Waals surface area (Å²) in [7, 11) is 0. The van der Waals surface area contributed by atoms with Gasteiger partial charge >= 0.3 is 0 Å². The van der Waals surface area contributed by atoms with Crippen LogP contribution in [-0.2, 0) is 6.54 Å². The number of benzene rings is 1. The molecule has 1 rings (SSSR count). The standard InChI is InChI=1S/C7H9ClN2.2ClH/c8-7-2-1-6(10)3-5(7)4-9;;/h1-3H,4,9-10H2;2*1H. The molecule has 0 fully saturated rings. The first kappa shape index (κ1) is 14.4. The van der Waals surface area contributed by atoms with Gasteiger partial charge in [-0.2, -0.15) is 0 Å². The second-order valence-electron chi connectivity index (χ2n) is 2.05. The second kappa shape index (κ2) is 6.38. The summed E-state index contributed by atoms with van der Waals surface area (Å²) in [6.07, 6.45) is 0. The minimum atomic E-state index is 0. The van der Waals surface area contributed by atoms with Crippen molar-refractivity contribution in [3.63, 3.8) is 0 Å². The maximum Gasteiger partial charge on any atom is 0.0452 e. The predicted molar refractivity (Wildman–Crippen MR) is 58.3 cm³/mol. The zero-order valence-electron chi connectivity index (χ0n) is 6.29. The molecule has 0 heterocycles. The van der Waals surface area contributed by atoms with Crippen molar-refractivity contribution in [2.24, 2.45) is 5.73 Å². The van der Waals surface area contributed by atoms with Gasteiger partial charge in [-0.25, -0.2) is 0 Å². The van der Waals surface area contributed by atoms with E-state index in [4.69, 9.17) is 23.1 Å². The maximum atomic E-state index is 5.76. The summed E-state index contributed by atoms with van der Waals surface area (Å²) in [6.45, 7) is 0.434. The highest BCUT2D eigenvalue weighted by atomic mass is 35.5. The Labute approximate surface area is 89.1 Å². The average Bonchev–Trinajstić information content (AvgIpc) is 1.94. The second-order valence-corrected chi connectivity index (χ2v) is 2.46. The molecule has 0 bridgehead atoms. The van der Waals surface area contributed by atoms with Crippen LogP contribution in [0.1, 0.15) is 5.56 Å². The van der Waals surface area contributed by atoms with Crippen molar-refractivity contribution in [3.8, 4) is 0 Å². The van der Waals surface area contributed by atoms with Crippen LogP contribution in [0.2, 0.25) is 5.02 Å². The topological polar surface area (TPSA) is 52.0 Å². The molecule has 5 heteroatoms. The highest BCUT2D eigenvalue weighted by Crippen LogP contribution is 2.17. The molecule has 70 valence electrons. The molecule has 0 unspecified atom stereocenters. The Bertz CT molecular complexity index is 240. The van der Waals surface area contributed by atoms with Crippen LogP contribution in [0.3, 0.4) is 0 Å². The van der Waals surface area contributed by atoms with E-state index in [-0.39, 0.29) is 24.8 Å². The lowest BCUT2D eigenvalue weighted by Gasteiger charge is -2.00. The van der Waals surface area contributed by atoms with Gasteiger partial charge in [0.05, 0.1) is 0 Å². The van der Waals surface area contributed by atoms with Gasteiger partial charge < -0.3 is 11.5 Å². The Hall–Kier alpha value is -0.150. The fourth-order valence-corrected chi connectivity index (χ4v) is 0.946. The quantitative estimate of drug-likeness (QED) is 0.726. The Kier molecular flexibility index (Phi) is 7.64. The lowest BCUT2D eigenvalue weighted by atomic mass is 10.2. The van der Waals surface area contributed by atoms with Crippen LogP contribution < -0.4 is 11.5 Å². The van der Waals surface area contributed by atoms with E-state index in [1.165, 1.54) is 0 Å². The third-order valence-corrected chi connectivity index (χ3v) is 1.66. The minimum absolute atomic E-state index is 0. The molecule has 2 nitrogen and oxygen atoms in total. The highest BCUT2D eigenvalue weighted by Gasteiger charge is 1.96. The van der Waals surface area contributed by atoms with Gasteiger partial charge in [-0.15, -0.1) is 24.8 Å². The fourth-order valence-electron chi connectivity index (χ4n) is 0.751. The van der Waals surface area contributed by atoms with Gasteiger partial charge in [0.25, 0.3) is 0 Å². The average molecular weight is 230 g/mol. The molecular formula is C7H11Cl3N2. The summed E-state index contributed by atoms with van der Waals surface area (Å²) < 4.78 is 0. The molecule has 0 aliphatic carbocycles. The number of rotatable bonds is 1. The Morgan fingerprint density at radius 1 is 1.25 bits per heavy atom. The predicted octanol–water partition coefficient (Wildman–Crippen LogP) is 2.22. The van der Waals surface area contributed by atoms with E-state index in [0.29, 0.717) is 17.3 Å². The summed E-state index contributed by atoms with van der Waals surface area (Å²) in [5.41, 5.74) is 12.5. The zero-order chi connectivity index (χ0) is 7.56. The largest absolute Gasteiger partial charge is 0.399 e. The van der Waals surface area contributed by atoms with Crippen LogP contribution in [-0.4, -0.2) is 0 Å². The number of hydrogen-bond acceptors (Lipinski definition) is 2. The van der Waals surface area contributed by atoms with Crippen LogP contribution >= 0.6 is 36.4 Å². The van der Waals surface area contributed by atoms with Gasteiger partial charge in [-0.3, -0.25) is 0 Å². The van der Waals surface area contributed by atoms with Gasteiger partial charge in [-0.05, 0) is 23.8 Å². The summed E-state index contributed by atoms with van der Waals surface area (Å²) >= 11 is 5.76. The molecule has 1 aromatic carbocycles. The molecule has 0 saturated heterocycles. The number of anilines is 1. The van der Waals surface area contributed by atoms with E-state index in [2.05, 4.69) is 0 Å². The molecule has 0 spiro atoms. The highest BCUT2D eigenvalue weighted by molar-refractivity contribution is 6.31. The lowest BCUT2D eigenvalue weighted by Crippen LogP contribution is -1.98. The van der Waals surface area contributed by atoms with E-state index in [9.17, 15) is 0 Å². The number of nitrogens with two attached hydrogens (primary N) is 2. The summed E-state index contributed by atoms with van der Waals surface area (Å²) in [5, 5.41) is 0.678. The van der Waals surface area contributed by atoms with Crippen molar-refractivity contribution in [1.82, 2.24) is 0 Å². The van der Waals surface area contributed by atoms with E-state index in [1.54, 1.807) is 18.2 Å².